The molecule has 14 heavy (non-hydrogen) atoms. The molecular weight excluding hydrogens is 268 g/mol. The Hall–Kier alpha value is -0.590. The highest BCUT2D eigenvalue weighted by atomic mass is 79.9. The van der Waals surface area contributed by atoms with Crippen molar-refractivity contribution in [2.24, 2.45) is 0 Å². The second-order valence-electron chi connectivity index (χ2n) is 2.47. The van der Waals surface area contributed by atoms with Crippen LogP contribution in [0.1, 0.15) is 6.92 Å². The Morgan fingerprint density at radius 2 is 2.36 bits per heavy atom. The fourth-order valence-corrected chi connectivity index (χ4v) is 1.97. The number of rotatable bonds is 4. The summed E-state index contributed by atoms with van der Waals surface area (Å²) in [6.07, 6.45) is 0. The number of nitrogens with zero attached hydrogens (tertiary/aromatic N) is 1. The van der Waals surface area contributed by atoms with Crippen molar-refractivity contribution in [3.63, 3.8) is 0 Å². The Labute approximate surface area is 94.5 Å². The van der Waals surface area contributed by atoms with E-state index in [1.54, 1.807) is 6.07 Å². The van der Waals surface area contributed by atoms with Gasteiger partial charge < -0.3 is 0 Å². The summed E-state index contributed by atoms with van der Waals surface area (Å²) in [6, 6.07) is 4.69. The van der Waals surface area contributed by atoms with E-state index < -0.39 is 4.92 Å². The van der Waals surface area contributed by atoms with Crippen molar-refractivity contribution in [1.82, 2.24) is 4.72 Å². The molecule has 4 nitrogen and oxygen atoms in total. The Kier molecular flexibility index (Phi) is 4.37. The molecular formula is C8H9BrN2O2S. The summed E-state index contributed by atoms with van der Waals surface area (Å²) in [4.78, 5) is 10.9. The minimum absolute atomic E-state index is 0.105. The molecule has 76 valence electrons. The van der Waals surface area contributed by atoms with Gasteiger partial charge in [0, 0.05) is 28.0 Å². The van der Waals surface area contributed by atoms with Crippen LogP contribution in [0.5, 0.6) is 0 Å². The van der Waals surface area contributed by atoms with Crippen molar-refractivity contribution in [1.29, 1.82) is 0 Å². The molecule has 1 N–H and O–H groups in total. The lowest BCUT2D eigenvalue weighted by molar-refractivity contribution is -0.385. The fraction of sp³-hybridized carbons (Fsp3) is 0.250. The van der Waals surface area contributed by atoms with Crippen LogP contribution < -0.4 is 4.72 Å². The third-order valence-electron chi connectivity index (χ3n) is 1.45. The summed E-state index contributed by atoms with van der Waals surface area (Å²) in [5, 5.41) is 10.5. The maximum atomic E-state index is 10.5. The van der Waals surface area contributed by atoms with Crippen molar-refractivity contribution in [2.45, 2.75) is 11.8 Å². The molecule has 0 unspecified atom stereocenters. The van der Waals surface area contributed by atoms with Crippen LogP contribution in [0, 0.1) is 10.1 Å². The SMILES string of the molecule is CCNSc1cc([N+](=O)[O-])ccc1Br. The first kappa shape index (κ1) is 11.5. The van der Waals surface area contributed by atoms with Gasteiger partial charge in [-0.25, -0.2) is 0 Å². The first-order valence-corrected chi connectivity index (χ1v) is 5.59. The molecule has 0 bridgehead atoms. The number of halogens is 1. The molecule has 0 saturated carbocycles. The van der Waals surface area contributed by atoms with E-state index in [1.165, 1.54) is 24.1 Å². The topological polar surface area (TPSA) is 55.2 Å². The maximum absolute atomic E-state index is 10.5. The molecule has 1 rings (SSSR count). The molecule has 0 aromatic heterocycles. The van der Waals surface area contributed by atoms with E-state index in [-0.39, 0.29) is 5.69 Å². The van der Waals surface area contributed by atoms with Gasteiger partial charge in [-0.1, -0.05) is 6.92 Å². The van der Waals surface area contributed by atoms with E-state index >= 15 is 0 Å². The minimum atomic E-state index is -0.400. The summed E-state index contributed by atoms with van der Waals surface area (Å²) < 4.78 is 3.89. The predicted molar refractivity (Wildman–Crippen MR) is 60.3 cm³/mol. The highest BCUT2D eigenvalue weighted by Gasteiger charge is 2.09. The number of hydrogen-bond acceptors (Lipinski definition) is 4. The molecule has 0 radical (unpaired) electrons. The number of non-ortho nitro benzene ring substituents is 1. The molecule has 0 spiro atoms. The lowest BCUT2D eigenvalue weighted by Gasteiger charge is -2.03. The Morgan fingerprint density at radius 3 is 2.93 bits per heavy atom. The van der Waals surface area contributed by atoms with E-state index in [0.717, 1.165) is 15.9 Å². The molecule has 0 amide bonds. The molecule has 0 aliphatic heterocycles. The van der Waals surface area contributed by atoms with Gasteiger partial charge in [-0.05, 0) is 33.9 Å². The molecule has 1 aromatic rings. The molecule has 6 heteroatoms. The van der Waals surface area contributed by atoms with Gasteiger partial charge in [0.25, 0.3) is 5.69 Å². The standard InChI is InChI=1S/C8H9BrN2O2S/c1-2-10-14-8-5-6(11(12)13)3-4-7(8)9/h3-5,10H,2H2,1H3. The zero-order chi connectivity index (χ0) is 10.6. The van der Waals surface area contributed by atoms with Crippen LogP contribution in [-0.4, -0.2) is 11.5 Å². The fourth-order valence-electron chi connectivity index (χ4n) is 0.834. The molecule has 0 aliphatic rings. The number of hydrogen-bond donors (Lipinski definition) is 1. The number of nitro groups is 1. The van der Waals surface area contributed by atoms with E-state index in [4.69, 9.17) is 0 Å². The first-order chi connectivity index (χ1) is 6.65. The van der Waals surface area contributed by atoms with Crippen molar-refractivity contribution >= 4 is 33.6 Å². The van der Waals surface area contributed by atoms with Gasteiger partial charge in [0.15, 0.2) is 0 Å². The van der Waals surface area contributed by atoms with Gasteiger partial charge in [0.05, 0.1) is 4.92 Å². The zero-order valence-corrected chi connectivity index (χ0v) is 9.89. The molecule has 0 aliphatic carbocycles. The second-order valence-corrected chi connectivity index (χ2v) is 4.26. The summed E-state index contributed by atoms with van der Waals surface area (Å²) >= 11 is 4.70. The van der Waals surface area contributed by atoms with E-state index in [9.17, 15) is 10.1 Å². The van der Waals surface area contributed by atoms with Crippen molar-refractivity contribution in [2.75, 3.05) is 6.54 Å². The Balaban J connectivity index is 2.90. The van der Waals surface area contributed by atoms with Crippen LogP contribution in [0.25, 0.3) is 0 Å². The zero-order valence-electron chi connectivity index (χ0n) is 7.49. The third kappa shape index (κ3) is 2.97. The number of nitro benzene ring substituents is 1. The number of nitrogens with one attached hydrogen (secondary N) is 1. The smallest absolute Gasteiger partial charge is 0.260 e. The normalized spacial score (nSPS) is 10.1. The van der Waals surface area contributed by atoms with Crippen LogP contribution in [0.15, 0.2) is 27.6 Å². The van der Waals surface area contributed by atoms with E-state index in [0.29, 0.717) is 0 Å². The van der Waals surface area contributed by atoms with Crippen LogP contribution in [0.3, 0.4) is 0 Å². The summed E-state index contributed by atoms with van der Waals surface area (Å²) in [5.41, 5.74) is 0.105. The average Bonchev–Trinajstić information content (AvgIpc) is 2.16. The van der Waals surface area contributed by atoms with Gasteiger partial charge in [0.2, 0.25) is 0 Å². The largest absolute Gasteiger partial charge is 0.270 e. The van der Waals surface area contributed by atoms with Gasteiger partial charge in [0.1, 0.15) is 0 Å². The lowest BCUT2D eigenvalue weighted by Crippen LogP contribution is -2.00. The van der Waals surface area contributed by atoms with Crippen LogP contribution in [0.4, 0.5) is 5.69 Å². The van der Waals surface area contributed by atoms with E-state index in [2.05, 4.69) is 20.7 Å². The Bertz CT molecular complexity index is 346. The highest BCUT2D eigenvalue weighted by Crippen LogP contribution is 2.29. The first-order valence-electron chi connectivity index (χ1n) is 3.98. The highest BCUT2D eigenvalue weighted by molar-refractivity contribution is 9.10. The van der Waals surface area contributed by atoms with Crippen molar-refractivity contribution in [3.05, 3.63) is 32.8 Å². The van der Waals surface area contributed by atoms with E-state index in [1.807, 2.05) is 6.92 Å². The van der Waals surface area contributed by atoms with Crippen LogP contribution >= 0.6 is 27.9 Å². The summed E-state index contributed by atoms with van der Waals surface area (Å²) in [5.74, 6) is 0. The lowest BCUT2D eigenvalue weighted by atomic mass is 10.3. The summed E-state index contributed by atoms with van der Waals surface area (Å²) in [7, 11) is 0. The third-order valence-corrected chi connectivity index (χ3v) is 3.40. The molecule has 0 atom stereocenters. The quantitative estimate of drug-likeness (QED) is 0.522. The predicted octanol–water partition coefficient (Wildman–Crippen LogP) is 2.97. The summed E-state index contributed by atoms with van der Waals surface area (Å²) in [6.45, 7) is 2.78. The molecule has 0 heterocycles. The van der Waals surface area contributed by atoms with Crippen molar-refractivity contribution in [3.8, 4) is 0 Å². The van der Waals surface area contributed by atoms with Crippen LogP contribution in [0.2, 0.25) is 0 Å². The Morgan fingerprint density at radius 1 is 1.64 bits per heavy atom. The van der Waals surface area contributed by atoms with Gasteiger partial charge >= 0.3 is 0 Å². The molecule has 0 fully saturated rings. The number of benzene rings is 1. The van der Waals surface area contributed by atoms with Crippen molar-refractivity contribution < 1.29 is 4.92 Å². The average molecular weight is 277 g/mol. The molecule has 0 saturated heterocycles. The van der Waals surface area contributed by atoms with Gasteiger partial charge in [-0.15, -0.1) is 0 Å². The monoisotopic (exact) mass is 276 g/mol. The molecule has 1 aromatic carbocycles. The van der Waals surface area contributed by atoms with Crippen LogP contribution in [-0.2, 0) is 0 Å². The van der Waals surface area contributed by atoms with Gasteiger partial charge in [-0.3, -0.25) is 14.8 Å². The van der Waals surface area contributed by atoms with Gasteiger partial charge in [-0.2, -0.15) is 0 Å². The second kappa shape index (κ2) is 5.33. The maximum Gasteiger partial charge on any atom is 0.270 e. The minimum Gasteiger partial charge on any atom is -0.260 e.